The van der Waals surface area contributed by atoms with Gasteiger partial charge in [0, 0.05) is 30.4 Å². The number of hydrogen-bond acceptors (Lipinski definition) is 3. The fourth-order valence-electron chi connectivity index (χ4n) is 3.82. The van der Waals surface area contributed by atoms with Crippen molar-refractivity contribution in [3.8, 4) is 5.75 Å². The van der Waals surface area contributed by atoms with Gasteiger partial charge in [-0.05, 0) is 67.1 Å². The van der Waals surface area contributed by atoms with Gasteiger partial charge >= 0.3 is 6.36 Å². The van der Waals surface area contributed by atoms with E-state index in [0.717, 1.165) is 48.8 Å². The minimum Gasteiger partial charge on any atom is -0.406 e. The van der Waals surface area contributed by atoms with Gasteiger partial charge in [-0.15, -0.1) is 13.2 Å². The van der Waals surface area contributed by atoms with E-state index in [-0.39, 0.29) is 5.75 Å². The molecule has 3 aromatic rings. The molecule has 3 nitrogen and oxygen atoms in total. The molecule has 1 aromatic heterocycles. The largest absolute Gasteiger partial charge is 0.573 e. The average Bonchev–Trinajstić information content (AvgIpc) is 2.69. The van der Waals surface area contributed by atoms with Crippen LogP contribution in [0.1, 0.15) is 18.4 Å². The smallest absolute Gasteiger partial charge is 0.406 e. The van der Waals surface area contributed by atoms with Crippen molar-refractivity contribution in [2.45, 2.75) is 25.6 Å². The van der Waals surface area contributed by atoms with Crippen molar-refractivity contribution >= 4 is 16.6 Å². The number of piperidine rings is 1. The maximum Gasteiger partial charge on any atom is 0.573 e. The lowest BCUT2D eigenvalue weighted by Gasteiger charge is -2.34. The van der Waals surface area contributed by atoms with Crippen LogP contribution >= 0.6 is 0 Å². The third-order valence-corrected chi connectivity index (χ3v) is 5.25. The number of hydrogen-bond donors (Lipinski definition) is 0. The standard InChI is InChI=1S/C22H21F3N2O/c23-22(24,25)28-20-6-3-16(4-7-20)14-17-9-12-27(13-10-17)19-5-8-21-18(15-19)2-1-11-26-21/h1-8,11,15,17H,9-10,12-14H2. The zero-order valence-corrected chi connectivity index (χ0v) is 15.3. The molecular weight excluding hydrogens is 365 g/mol. The number of aromatic nitrogens is 1. The van der Waals surface area contributed by atoms with E-state index in [1.807, 2.05) is 6.07 Å². The maximum absolute atomic E-state index is 12.2. The van der Waals surface area contributed by atoms with Crippen molar-refractivity contribution < 1.29 is 17.9 Å². The molecule has 0 aliphatic carbocycles. The summed E-state index contributed by atoms with van der Waals surface area (Å²) in [6.45, 7) is 1.96. The highest BCUT2D eigenvalue weighted by atomic mass is 19.4. The SMILES string of the molecule is FC(F)(F)Oc1ccc(CC2CCN(c3ccc4ncccc4c3)CC2)cc1. The number of anilines is 1. The molecule has 0 atom stereocenters. The average molecular weight is 386 g/mol. The van der Waals surface area contributed by atoms with Gasteiger partial charge in [-0.3, -0.25) is 4.98 Å². The van der Waals surface area contributed by atoms with Crippen molar-refractivity contribution in [2.75, 3.05) is 18.0 Å². The van der Waals surface area contributed by atoms with Crippen LogP contribution < -0.4 is 9.64 Å². The second-order valence-electron chi connectivity index (χ2n) is 7.21. The van der Waals surface area contributed by atoms with Crippen LogP contribution in [0.25, 0.3) is 10.9 Å². The Morgan fingerprint density at radius 1 is 1.00 bits per heavy atom. The van der Waals surface area contributed by atoms with Crippen LogP contribution in [0.5, 0.6) is 5.75 Å². The first kappa shape index (κ1) is 18.6. The van der Waals surface area contributed by atoms with Gasteiger partial charge in [0.05, 0.1) is 5.52 Å². The molecule has 0 spiro atoms. The third kappa shape index (κ3) is 4.55. The molecular formula is C22H21F3N2O. The summed E-state index contributed by atoms with van der Waals surface area (Å²) < 4.78 is 40.7. The van der Waals surface area contributed by atoms with E-state index in [4.69, 9.17) is 0 Å². The van der Waals surface area contributed by atoms with Gasteiger partial charge in [0.1, 0.15) is 5.75 Å². The Balaban J connectivity index is 1.33. The molecule has 0 unspecified atom stereocenters. The molecule has 2 aromatic carbocycles. The van der Waals surface area contributed by atoms with Crippen LogP contribution in [0, 0.1) is 5.92 Å². The molecule has 0 radical (unpaired) electrons. The van der Waals surface area contributed by atoms with Crippen molar-refractivity contribution in [3.63, 3.8) is 0 Å². The monoisotopic (exact) mass is 386 g/mol. The highest BCUT2D eigenvalue weighted by Crippen LogP contribution is 2.29. The lowest BCUT2D eigenvalue weighted by molar-refractivity contribution is -0.274. The summed E-state index contributed by atoms with van der Waals surface area (Å²) in [6.07, 6.45) is 0.155. The number of halogens is 3. The number of alkyl halides is 3. The van der Waals surface area contributed by atoms with E-state index >= 15 is 0 Å². The van der Waals surface area contributed by atoms with Gasteiger partial charge in [-0.25, -0.2) is 0 Å². The quantitative estimate of drug-likeness (QED) is 0.584. The van der Waals surface area contributed by atoms with E-state index in [2.05, 4.69) is 38.9 Å². The molecule has 1 fully saturated rings. The minimum absolute atomic E-state index is 0.170. The Kier molecular flexibility index (Phi) is 5.11. The first-order chi connectivity index (χ1) is 13.5. The molecule has 0 N–H and O–H groups in total. The zero-order chi connectivity index (χ0) is 19.6. The van der Waals surface area contributed by atoms with E-state index < -0.39 is 6.36 Å². The van der Waals surface area contributed by atoms with Gasteiger partial charge < -0.3 is 9.64 Å². The number of nitrogens with zero attached hydrogens (tertiary/aromatic N) is 2. The van der Waals surface area contributed by atoms with Crippen LogP contribution in [0.3, 0.4) is 0 Å². The van der Waals surface area contributed by atoms with Crippen molar-refractivity contribution in [1.29, 1.82) is 0 Å². The topological polar surface area (TPSA) is 25.4 Å². The van der Waals surface area contributed by atoms with Gasteiger partial charge in [0.15, 0.2) is 0 Å². The Bertz CT molecular complexity index is 932. The molecule has 28 heavy (non-hydrogen) atoms. The third-order valence-electron chi connectivity index (χ3n) is 5.25. The van der Waals surface area contributed by atoms with Crippen LogP contribution in [0.2, 0.25) is 0 Å². The van der Waals surface area contributed by atoms with E-state index in [0.29, 0.717) is 5.92 Å². The molecule has 2 heterocycles. The molecule has 1 aliphatic rings. The second-order valence-corrected chi connectivity index (χ2v) is 7.21. The molecule has 0 amide bonds. The lowest BCUT2D eigenvalue weighted by atomic mass is 9.90. The first-order valence-corrected chi connectivity index (χ1v) is 9.41. The summed E-state index contributed by atoms with van der Waals surface area (Å²) in [5.74, 6) is 0.365. The number of fused-ring (bicyclic) bond motifs is 1. The van der Waals surface area contributed by atoms with E-state index in [9.17, 15) is 13.2 Å². The van der Waals surface area contributed by atoms with Gasteiger partial charge in [0.25, 0.3) is 0 Å². The van der Waals surface area contributed by atoms with Gasteiger partial charge in [-0.1, -0.05) is 18.2 Å². The highest BCUT2D eigenvalue weighted by Gasteiger charge is 2.31. The fraction of sp³-hybridized carbons (Fsp3) is 0.318. The molecule has 1 aliphatic heterocycles. The number of benzene rings is 2. The number of ether oxygens (including phenoxy) is 1. The predicted molar refractivity (Wildman–Crippen MR) is 104 cm³/mol. The summed E-state index contributed by atoms with van der Waals surface area (Å²) >= 11 is 0. The maximum atomic E-state index is 12.2. The summed E-state index contributed by atoms with van der Waals surface area (Å²) in [4.78, 5) is 6.75. The lowest BCUT2D eigenvalue weighted by Crippen LogP contribution is -2.34. The predicted octanol–water partition coefficient (Wildman–Crippen LogP) is 5.59. The molecule has 0 saturated carbocycles. The highest BCUT2D eigenvalue weighted by molar-refractivity contribution is 5.82. The van der Waals surface area contributed by atoms with E-state index in [1.165, 1.54) is 17.8 Å². The molecule has 1 saturated heterocycles. The molecule has 6 heteroatoms. The van der Waals surface area contributed by atoms with Gasteiger partial charge in [-0.2, -0.15) is 0 Å². The Labute approximate surface area is 161 Å². The van der Waals surface area contributed by atoms with Crippen molar-refractivity contribution in [2.24, 2.45) is 5.92 Å². The summed E-state index contributed by atoms with van der Waals surface area (Å²) in [6, 6.07) is 16.6. The minimum atomic E-state index is -4.65. The molecule has 4 rings (SSSR count). The fourth-order valence-corrected chi connectivity index (χ4v) is 3.82. The van der Waals surface area contributed by atoms with E-state index in [1.54, 1.807) is 18.3 Å². The summed E-state index contributed by atoms with van der Waals surface area (Å²) in [5.41, 5.74) is 3.26. The van der Waals surface area contributed by atoms with Crippen LogP contribution in [0.4, 0.5) is 18.9 Å². The zero-order valence-electron chi connectivity index (χ0n) is 15.3. The Morgan fingerprint density at radius 2 is 1.75 bits per heavy atom. The molecule has 0 bridgehead atoms. The van der Waals surface area contributed by atoms with Crippen molar-refractivity contribution in [3.05, 3.63) is 66.4 Å². The van der Waals surface area contributed by atoms with Crippen LogP contribution in [0.15, 0.2) is 60.8 Å². The number of rotatable bonds is 4. The Morgan fingerprint density at radius 3 is 2.46 bits per heavy atom. The van der Waals surface area contributed by atoms with Crippen molar-refractivity contribution in [1.82, 2.24) is 4.98 Å². The Hall–Kier alpha value is -2.76. The summed E-state index contributed by atoms with van der Waals surface area (Å²) in [7, 11) is 0. The first-order valence-electron chi connectivity index (χ1n) is 9.41. The summed E-state index contributed by atoms with van der Waals surface area (Å²) in [5, 5.41) is 1.14. The second kappa shape index (κ2) is 7.70. The van der Waals surface area contributed by atoms with Crippen LogP contribution in [-0.2, 0) is 6.42 Å². The normalized spacial score (nSPS) is 15.8. The molecule has 146 valence electrons. The number of pyridine rings is 1. The van der Waals surface area contributed by atoms with Gasteiger partial charge in [0.2, 0.25) is 0 Å². The van der Waals surface area contributed by atoms with Crippen LogP contribution in [-0.4, -0.2) is 24.4 Å².